The Morgan fingerprint density at radius 1 is 1.15 bits per heavy atom. The smallest absolute Gasteiger partial charge is 0.203 e. The van der Waals surface area contributed by atoms with E-state index in [2.05, 4.69) is 39.0 Å². The van der Waals surface area contributed by atoms with Crippen molar-refractivity contribution in [2.24, 2.45) is 22.7 Å². The quantitative estimate of drug-likeness (QED) is 0.338. The average molecular weight is 398 g/mol. The van der Waals surface area contributed by atoms with Gasteiger partial charge in [0.25, 0.3) is 0 Å². The lowest BCUT2D eigenvalue weighted by atomic mass is 9.50. The molecular formula is C21H28B2O2S2. The summed E-state index contributed by atoms with van der Waals surface area (Å²) in [6, 6.07) is 0. The first-order valence-corrected chi connectivity index (χ1v) is 11.7. The Labute approximate surface area is 175 Å². The monoisotopic (exact) mass is 398 g/mol. The molecule has 6 unspecified atom stereocenters. The van der Waals surface area contributed by atoms with Gasteiger partial charge in [0.15, 0.2) is 0 Å². The first-order chi connectivity index (χ1) is 13.0. The summed E-state index contributed by atoms with van der Waals surface area (Å²) >= 11 is 1.95. The Balaban J connectivity index is 1.70. The lowest BCUT2D eigenvalue weighted by Gasteiger charge is -2.56. The maximum atomic E-state index is 6.04. The van der Waals surface area contributed by atoms with Crippen LogP contribution in [-0.4, -0.2) is 26.5 Å². The van der Waals surface area contributed by atoms with E-state index in [1.54, 1.807) is 11.1 Å². The predicted molar refractivity (Wildman–Crippen MR) is 117 cm³/mol. The normalized spacial score (nSPS) is 43.1. The van der Waals surface area contributed by atoms with E-state index in [1.165, 1.54) is 31.3 Å². The highest BCUT2D eigenvalue weighted by atomic mass is 32.2. The van der Waals surface area contributed by atoms with Crippen LogP contribution < -0.4 is 0 Å². The number of fused-ring (bicyclic) bond motifs is 5. The molecule has 0 aromatic rings. The Bertz CT molecular complexity index is 692. The zero-order valence-corrected chi connectivity index (χ0v) is 18.2. The van der Waals surface area contributed by atoms with Crippen molar-refractivity contribution in [1.29, 1.82) is 0 Å². The maximum Gasteiger partial charge on any atom is 0.203 e. The third-order valence-corrected chi connectivity index (χ3v) is 8.82. The Morgan fingerprint density at radius 2 is 1.93 bits per heavy atom. The van der Waals surface area contributed by atoms with E-state index >= 15 is 0 Å². The molecule has 4 aliphatic carbocycles. The summed E-state index contributed by atoms with van der Waals surface area (Å²) in [5.41, 5.74) is 5.07. The van der Waals surface area contributed by atoms with E-state index in [4.69, 9.17) is 22.6 Å². The van der Waals surface area contributed by atoms with Crippen molar-refractivity contribution < 1.29 is 8.37 Å². The van der Waals surface area contributed by atoms with Crippen LogP contribution in [0.15, 0.2) is 34.9 Å². The largest absolute Gasteiger partial charge is 0.325 e. The summed E-state index contributed by atoms with van der Waals surface area (Å²) in [5, 5.41) is 0. The van der Waals surface area contributed by atoms with Crippen molar-refractivity contribution in [3.63, 3.8) is 0 Å². The molecule has 6 heteroatoms. The number of hydrogen-bond acceptors (Lipinski definition) is 4. The van der Waals surface area contributed by atoms with Crippen LogP contribution in [0, 0.1) is 22.7 Å². The van der Waals surface area contributed by atoms with Crippen molar-refractivity contribution in [3.8, 4) is 0 Å². The summed E-state index contributed by atoms with van der Waals surface area (Å²) < 4.78 is 11.7. The van der Waals surface area contributed by atoms with Gasteiger partial charge in [0.05, 0.1) is 12.2 Å². The van der Waals surface area contributed by atoms with E-state index in [-0.39, 0.29) is 17.6 Å². The van der Waals surface area contributed by atoms with E-state index in [0.29, 0.717) is 17.3 Å². The Morgan fingerprint density at radius 3 is 2.63 bits per heavy atom. The molecule has 4 aliphatic rings. The van der Waals surface area contributed by atoms with Crippen molar-refractivity contribution in [3.05, 3.63) is 34.9 Å². The third kappa shape index (κ3) is 3.05. The van der Waals surface area contributed by atoms with Gasteiger partial charge in [0.2, 0.25) is 14.2 Å². The van der Waals surface area contributed by atoms with Crippen molar-refractivity contribution in [1.82, 2.24) is 0 Å². The zero-order valence-electron chi connectivity index (χ0n) is 16.6. The van der Waals surface area contributed by atoms with Crippen LogP contribution in [0.1, 0.15) is 59.3 Å². The molecule has 142 valence electrons. The van der Waals surface area contributed by atoms with Gasteiger partial charge in [-0.25, -0.2) is 0 Å². The fraction of sp³-hybridized carbons (Fsp3) is 0.714. The van der Waals surface area contributed by atoms with Gasteiger partial charge in [-0.3, -0.25) is 0 Å². The maximum absolute atomic E-state index is 6.04. The molecule has 0 saturated heterocycles. The summed E-state index contributed by atoms with van der Waals surface area (Å²) in [7, 11) is 11.3. The van der Waals surface area contributed by atoms with Gasteiger partial charge in [-0.2, -0.15) is 0 Å². The molecule has 0 spiro atoms. The number of allylic oxidation sites excluding steroid dienone is 5. The van der Waals surface area contributed by atoms with Gasteiger partial charge in [-0.1, -0.05) is 79.5 Å². The first-order valence-electron chi connectivity index (χ1n) is 10.1. The highest BCUT2D eigenvalue weighted by molar-refractivity contribution is 8.16. The minimum Gasteiger partial charge on any atom is -0.325 e. The minimum atomic E-state index is -0.00806. The molecule has 0 N–H and O–H groups in total. The SMILES string of the molecule is [B]SOC1CC2=CC=C3C4CC=C(CC)C4(C)CCC3C2(C)C(OS[B])C1. The summed E-state index contributed by atoms with van der Waals surface area (Å²) in [6.45, 7) is 7.19. The number of rotatable bonds is 5. The molecule has 4 rings (SSSR count). The van der Waals surface area contributed by atoms with Crippen LogP contribution in [0.25, 0.3) is 0 Å². The standard InChI is InChI=1S/C21H28B2O2S2/c1-4-13-6-8-17-16-7-5-14-11-15(24-26-22)12-19(25-27-23)21(14,3)18(16)9-10-20(13,17)2/h5-7,15,17-19H,4,8-12H2,1-3H3. The lowest BCUT2D eigenvalue weighted by molar-refractivity contribution is -0.0148. The van der Waals surface area contributed by atoms with Gasteiger partial charge >= 0.3 is 0 Å². The molecular weight excluding hydrogens is 370 g/mol. The first kappa shape index (κ1) is 20.3. The molecule has 0 bridgehead atoms. The van der Waals surface area contributed by atoms with E-state index in [0.717, 1.165) is 36.6 Å². The minimum absolute atomic E-state index is 0.00806. The van der Waals surface area contributed by atoms with Gasteiger partial charge in [-0.05, 0) is 49.4 Å². The lowest BCUT2D eigenvalue weighted by Crippen LogP contribution is -2.52. The Hall–Kier alpha value is -0.0301. The summed E-state index contributed by atoms with van der Waals surface area (Å²) in [5.74, 6) is 1.17. The highest BCUT2D eigenvalue weighted by Crippen LogP contribution is 2.64. The van der Waals surface area contributed by atoms with Gasteiger partial charge in [-0.15, -0.1) is 0 Å². The van der Waals surface area contributed by atoms with Gasteiger partial charge in [0.1, 0.15) is 0 Å². The van der Waals surface area contributed by atoms with Crippen molar-refractivity contribution in [2.45, 2.75) is 71.5 Å². The van der Waals surface area contributed by atoms with Gasteiger partial charge in [0, 0.05) is 11.8 Å². The van der Waals surface area contributed by atoms with E-state index in [9.17, 15) is 0 Å². The van der Waals surface area contributed by atoms with Crippen LogP contribution in [0.5, 0.6) is 0 Å². The van der Waals surface area contributed by atoms with Crippen molar-refractivity contribution >= 4 is 38.0 Å². The molecule has 0 amide bonds. The van der Waals surface area contributed by atoms with Crippen molar-refractivity contribution in [2.75, 3.05) is 0 Å². The molecule has 2 saturated carbocycles. The predicted octanol–water partition coefficient (Wildman–Crippen LogP) is 5.66. The molecule has 0 aromatic heterocycles. The van der Waals surface area contributed by atoms with Crippen LogP contribution >= 0.6 is 23.8 Å². The Kier molecular flexibility index (Phi) is 5.75. The average Bonchev–Trinajstić information content (AvgIpc) is 2.99. The number of hydrogen-bond donors (Lipinski definition) is 0. The van der Waals surface area contributed by atoms with E-state index in [1.807, 2.05) is 0 Å². The molecule has 0 aliphatic heterocycles. The van der Waals surface area contributed by atoms with Crippen LogP contribution in [0.2, 0.25) is 0 Å². The molecule has 0 heterocycles. The zero-order chi connectivity index (χ0) is 19.2. The molecule has 27 heavy (non-hydrogen) atoms. The molecule has 4 radical (unpaired) electrons. The van der Waals surface area contributed by atoms with Crippen LogP contribution in [0.4, 0.5) is 0 Å². The molecule has 2 fully saturated rings. The second-order valence-corrected chi connectivity index (χ2v) is 9.73. The fourth-order valence-corrected chi connectivity index (χ4v) is 7.30. The highest BCUT2D eigenvalue weighted by Gasteiger charge is 2.57. The third-order valence-electron chi connectivity index (χ3n) is 8.09. The fourth-order valence-electron chi connectivity index (χ4n) is 6.59. The summed E-state index contributed by atoms with van der Waals surface area (Å²) in [6.07, 6.45) is 14.0. The van der Waals surface area contributed by atoms with E-state index < -0.39 is 0 Å². The summed E-state index contributed by atoms with van der Waals surface area (Å²) in [4.78, 5) is 0. The molecule has 2 nitrogen and oxygen atoms in total. The van der Waals surface area contributed by atoms with Gasteiger partial charge < -0.3 is 8.37 Å². The van der Waals surface area contributed by atoms with Crippen LogP contribution in [-0.2, 0) is 8.37 Å². The molecule has 0 aromatic carbocycles. The second-order valence-electron chi connectivity index (χ2n) is 8.96. The topological polar surface area (TPSA) is 18.5 Å². The van der Waals surface area contributed by atoms with Crippen LogP contribution in [0.3, 0.4) is 0 Å². The molecule has 6 atom stereocenters. The second kappa shape index (κ2) is 7.66.